The number of nitrogens with one attached hydrogen (secondary N) is 2. The van der Waals surface area contributed by atoms with Gasteiger partial charge in [-0.3, -0.25) is 4.79 Å². The zero-order valence-corrected chi connectivity index (χ0v) is 11.0. The summed E-state index contributed by atoms with van der Waals surface area (Å²) in [5.41, 5.74) is 3.18. The Bertz CT molecular complexity index is 579. The van der Waals surface area contributed by atoms with Gasteiger partial charge in [-0.2, -0.15) is 5.10 Å². The van der Waals surface area contributed by atoms with Crippen molar-refractivity contribution < 1.29 is 14.3 Å². The van der Waals surface area contributed by atoms with Crippen molar-refractivity contribution in [2.75, 3.05) is 13.7 Å². The molecule has 104 valence electrons. The Balaban J connectivity index is 1.80. The minimum absolute atomic E-state index is 0.136. The van der Waals surface area contributed by atoms with Crippen LogP contribution in [0.5, 0.6) is 11.5 Å². The van der Waals surface area contributed by atoms with Gasteiger partial charge in [0.25, 0.3) is 5.91 Å². The number of rotatable bonds is 6. The molecule has 1 heterocycles. The number of hydrogen-bond donors (Lipinski definition) is 2. The Morgan fingerprint density at radius 3 is 2.80 bits per heavy atom. The highest BCUT2D eigenvalue weighted by Crippen LogP contribution is 2.25. The van der Waals surface area contributed by atoms with E-state index < -0.39 is 0 Å². The van der Waals surface area contributed by atoms with E-state index in [1.54, 1.807) is 31.5 Å². The summed E-state index contributed by atoms with van der Waals surface area (Å²) in [7, 11) is 1.54. The lowest BCUT2D eigenvalue weighted by atomic mass is 10.3. The first kappa shape index (κ1) is 13.7. The molecule has 0 aliphatic heterocycles. The van der Waals surface area contributed by atoms with Gasteiger partial charge in [0, 0.05) is 6.20 Å². The van der Waals surface area contributed by atoms with Crippen molar-refractivity contribution in [1.29, 1.82) is 0 Å². The molecule has 0 aliphatic rings. The molecule has 1 amide bonds. The van der Waals surface area contributed by atoms with E-state index in [0.717, 1.165) is 5.69 Å². The number of carbonyl (C=O) groups is 1. The van der Waals surface area contributed by atoms with E-state index in [9.17, 15) is 4.79 Å². The van der Waals surface area contributed by atoms with Gasteiger partial charge in [0.2, 0.25) is 0 Å². The fourth-order valence-electron chi connectivity index (χ4n) is 1.51. The molecular formula is C14H15N3O3. The molecule has 1 aromatic carbocycles. The average Bonchev–Trinajstić information content (AvgIpc) is 2.98. The van der Waals surface area contributed by atoms with E-state index in [0.29, 0.717) is 11.5 Å². The third kappa shape index (κ3) is 3.88. The van der Waals surface area contributed by atoms with Gasteiger partial charge in [-0.25, -0.2) is 5.43 Å². The smallest absolute Gasteiger partial charge is 0.277 e. The molecule has 6 nitrogen and oxygen atoms in total. The van der Waals surface area contributed by atoms with Crippen molar-refractivity contribution in [3.63, 3.8) is 0 Å². The summed E-state index contributed by atoms with van der Waals surface area (Å²) in [5.74, 6) is 0.743. The second kappa shape index (κ2) is 6.98. The summed E-state index contributed by atoms with van der Waals surface area (Å²) in [6.07, 6.45) is 3.29. The molecule has 0 radical (unpaired) electrons. The first-order chi connectivity index (χ1) is 9.79. The number of methoxy groups -OCH3 is 1. The molecule has 0 atom stereocenters. The lowest BCUT2D eigenvalue weighted by molar-refractivity contribution is -0.123. The van der Waals surface area contributed by atoms with Gasteiger partial charge in [-0.1, -0.05) is 12.1 Å². The topological polar surface area (TPSA) is 75.7 Å². The van der Waals surface area contributed by atoms with Crippen molar-refractivity contribution in [2.45, 2.75) is 0 Å². The SMILES string of the molecule is COc1ccccc1OCC(=O)N/N=C/c1ccc[nH]1. The van der Waals surface area contributed by atoms with Gasteiger partial charge in [0.1, 0.15) is 0 Å². The van der Waals surface area contributed by atoms with Crippen molar-refractivity contribution >= 4 is 12.1 Å². The summed E-state index contributed by atoms with van der Waals surface area (Å²) in [4.78, 5) is 14.5. The van der Waals surface area contributed by atoms with Gasteiger partial charge in [-0.15, -0.1) is 0 Å². The number of aromatic amines is 1. The lowest BCUT2D eigenvalue weighted by Gasteiger charge is -2.08. The number of hydrogen-bond acceptors (Lipinski definition) is 4. The van der Waals surface area contributed by atoms with Gasteiger partial charge in [0.15, 0.2) is 18.1 Å². The molecule has 20 heavy (non-hydrogen) atoms. The first-order valence-electron chi connectivity index (χ1n) is 6.00. The van der Waals surface area contributed by atoms with Crippen LogP contribution in [0.15, 0.2) is 47.7 Å². The Kier molecular flexibility index (Phi) is 4.77. The summed E-state index contributed by atoms with van der Waals surface area (Å²) < 4.78 is 10.5. The highest BCUT2D eigenvalue weighted by Gasteiger charge is 2.05. The summed E-state index contributed by atoms with van der Waals surface area (Å²) >= 11 is 0. The Hall–Kier alpha value is -2.76. The third-order valence-electron chi connectivity index (χ3n) is 2.44. The Labute approximate surface area is 116 Å². The third-order valence-corrected chi connectivity index (χ3v) is 2.44. The number of amides is 1. The van der Waals surface area contributed by atoms with Crippen LogP contribution in [0.1, 0.15) is 5.69 Å². The largest absolute Gasteiger partial charge is 0.493 e. The predicted molar refractivity (Wildman–Crippen MR) is 75.0 cm³/mol. The second-order valence-corrected chi connectivity index (χ2v) is 3.86. The maximum atomic E-state index is 11.5. The first-order valence-corrected chi connectivity index (χ1v) is 6.00. The van der Waals surface area contributed by atoms with Crippen LogP contribution in [0.3, 0.4) is 0 Å². The Morgan fingerprint density at radius 2 is 2.10 bits per heavy atom. The van der Waals surface area contributed by atoms with Crippen LogP contribution in [0.4, 0.5) is 0 Å². The van der Waals surface area contributed by atoms with Gasteiger partial charge in [-0.05, 0) is 24.3 Å². The number of nitrogens with zero attached hydrogens (tertiary/aromatic N) is 1. The van der Waals surface area contributed by atoms with Crippen LogP contribution < -0.4 is 14.9 Å². The van der Waals surface area contributed by atoms with Gasteiger partial charge >= 0.3 is 0 Å². The minimum Gasteiger partial charge on any atom is -0.493 e. The lowest BCUT2D eigenvalue weighted by Crippen LogP contribution is -2.24. The molecule has 2 aromatic rings. The second-order valence-electron chi connectivity index (χ2n) is 3.86. The number of carbonyl (C=O) groups excluding carboxylic acids is 1. The highest BCUT2D eigenvalue weighted by molar-refractivity contribution is 5.81. The summed E-state index contributed by atoms with van der Waals surface area (Å²) in [5, 5.41) is 3.80. The van der Waals surface area contributed by atoms with Gasteiger partial charge in [0.05, 0.1) is 19.0 Å². The van der Waals surface area contributed by atoms with Crippen LogP contribution >= 0.6 is 0 Å². The molecule has 6 heteroatoms. The predicted octanol–water partition coefficient (Wildman–Crippen LogP) is 1.55. The highest BCUT2D eigenvalue weighted by atomic mass is 16.5. The fraction of sp³-hybridized carbons (Fsp3) is 0.143. The monoisotopic (exact) mass is 273 g/mol. The number of aromatic nitrogens is 1. The minimum atomic E-state index is -0.348. The van der Waals surface area contributed by atoms with Crippen LogP contribution in [0.25, 0.3) is 0 Å². The summed E-state index contributed by atoms with van der Waals surface area (Å²) in [6.45, 7) is -0.136. The zero-order valence-electron chi connectivity index (χ0n) is 11.0. The number of benzene rings is 1. The van der Waals surface area contributed by atoms with E-state index in [4.69, 9.17) is 9.47 Å². The van der Waals surface area contributed by atoms with E-state index in [1.165, 1.54) is 6.21 Å². The molecular weight excluding hydrogens is 258 g/mol. The zero-order chi connectivity index (χ0) is 14.2. The van der Waals surface area contributed by atoms with E-state index in [-0.39, 0.29) is 12.5 Å². The van der Waals surface area contributed by atoms with Crippen LogP contribution in [-0.2, 0) is 4.79 Å². The molecule has 0 bridgehead atoms. The van der Waals surface area contributed by atoms with Crippen molar-refractivity contribution in [1.82, 2.24) is 10.4 Å². The molecule has 0 fully saturated rings. The van der Waals surface area contributed by atoms with Crippen LogP contribution in [0, 0.1) is 0 Å². The van der Waals surface area contributed by atoms with Gasteiger partial charge < -0.3 is 14.5 Å². The van der Waals surface area contributed by atoms with Crippen molar-refractivity contribution in [3.8, 4) is 11.5 Å². The van der Waals surface area contributed by atoms with Crippen LogP contribution in [0.2, 0.25) is 0 Å². The molecule has 2 rings (SSSR count). The van der Waals surface area contributed by atoms with E-state index in [2.05, 4.69) is 15.5 Å². The number of para-hydroxylation sites is 2. The average molecular weight is 273 g/mol. The molecule has 0 saturated heterocycles. The quantitative estimate of drug-likeness (QED) is 0.619. The number of H-pyrrole nitrogens is 1. The molecule has 0 saturated carbocycles. The molecule has 1 aromatic heterocycles. The maximum absolute atomic E-state index is 11.5. The normalized spacial score (nSPS) is 10.4. The maximum Gasteiger partial charge on any atom is 0.277 e. The fourth-order valence-corrected chi connectivity index (χ4v) is 1.51. The van der Waals surface area contributed by atoms with E-state index >= 15 is 0 Å². The van der Waals surface area contributed by atoms with Crippen molar-refractivity contribution in [3.05, 3.63) is 48.3 Å². The van der Waals surface area contributed by atoms with Crippen LogP contribution in [-0.4, -0.2) is 30.8 Å². The molecule has 0 spiro atoms. The van der Waals surface area contributed by atoms with E-state index in [1.807, 2.05) is 18.2 Å². The number of ether oxygens (including phenoxy) is 2. The summed E-state index contributed by atoms with van der Waals surface area (Å²) in [6, 6.07) is 10.8. The van der Waals surface area contributed by atoms with Crippen molar-refractivity contribution in [2.24, 2.45) is 5.10 Å². The molecule has 0 aliphatic carbocycles. The Morgan fingerprint density at radius 1 is 1.30 bits per heavy atom. The molecule has 2 N–H and O–H groups in total. The molecule has 0 unspecified atom stereocenters. The standard InChI is InChI=1S/C14H15N3O3/c1-19-12-6-2-3-7-13(12)20-10-14(18)17-16-9-11-5-4-8-15-11/h2-9,15H,10H2,1H3,(H,17,18)/b16-9+. The number of hydrazone groups is 1.